The standard InChI is InChI=1S/C10H9.C2H7OSi.2ClH.Zr/c1-8-6-9-4-2-3-5-10(9)7-8;1-4(2)3;;;/h2-7H,1H3;4H,1-2H3;2*1H;/q;-1;;;+3/p-2. The molecule has 1 aromatic carbocycles. The SMILES string of the molecule is CC1=Cc2ccccc2[CH]1[Zr+2][O][SiH](C)C.[Cl-].[Cl-]. The van der Waals surface area contributed by atoms with Crippen LogP contribution in [0, 0.1) is 0 Å². The number of allylic oxidation sites excluding steroid dienone is 1. The summed E-state index contributed by atoms with van der Waals surface area (Å²) in [6.45, 7) is 6.78. The van der Waals surface area contributed by atoms with Crippen molar-refractivity contribution in [3.8, 4) is 0 Å². The molecule has 1 aliphatic rings. The predicted molar refractivity (Wildman–Crippen MR) is 62.8 cm³/mol. The van der Waals surface area contributed by atoms with Gasteiger partial charge in [0.2, 0.25) is 0 Å². The molecule has 1 aliphatic carbocycles. The van der Waals surface area contributed by atoms with Crippen LogP contribution in [-0.2, 0) is 26.2 Å². The molecule has 1 nitrogen and oxygen atoms in total. The maximum atomic E-state index is 6.02. The second-order valence-electron chi connectivity index (χ2n) is 4.23. The molecule has 0 aliphatic heterocycles. The van der Waals surface area contributed by atoms with E-state index < -0.39 is 32.7 Å². The number of fused-ring (bicyclic) bond motifs is 1. The normalized spacial score (nSPS) is 16.5. The van der Waals surface area contributed by atoms with Crippen molar-refractivity contribution < 1.29 is 51.0 Å². The largest absolute Gasteiger partial charge is 1.00 e. The van der Waals surface area contributed by atoms with Gasteiger partial charge < -0.3 is 24.8 Å². The summed E-state index contributed by atoms with van der Waals surface area (Å²) in [5.74, 6) is 0. The number of halogens is 2. The van der Waals surface area contributed by atoms with Crippen LogP contribution in [-0.4, -0.2) is 9.04 Å². The fraction of sp³-hybridized carbons (Fsp3) is 0.333. The molecule has 1 aromatic rings. The van der Waals surface area contributed by atoms with E-state index in [9.17, 15) is 0 Å². The molecule has 1 atom stereocenters. The van der Waals surface area contributed by atoms with Crippen LogP contribution in [0.25, 0.3) is 6.08 Å². The molecule has 92 valence electrons. The van der Waals surface area contributed by atoms with Gasteiger partial charge in [-0.2, -0.15) is 0 Å². The van der Waals surface area contributed by atoms with E-state index in [1.54, 1.807) is 0 Å². The van der Waals surface area contributed by atoms with Crippen molar-refractivity contribution in [1.82, 2.24) is 0 Å². The molecule has 0 amide bonds. The van der Waals surface area contributed by atoms with E-state index in [-0.39, 0.29) is 24.8 Å². The summed E-state index contributed by atoms with van der Waals surface area (Å²) in [5.41, 5.74) is 4.43. The van der Waals surface area contributed by atoms with Crippen molar-refractivity contribution in [1.29, 1.82) is 0 Å². The van der Waals surface area contributed by atoms with E-state index in [2.05, 4.69) is 50.4 Å². The fourth-order valence-corrected chi connectivity index (χ4v) is 6.88. The van der Waals surface area contributed by atoms with E-state index in [0.29, 0.717) is 3.63 Å². The van der Waals surface area contributed by atoms with Crippen LogP contribution in [0.5, 0.6) is 0 Å². The van der Waals surface area contributed by atoms with Gasteiger partial charge in [0.1, 0.15) is 0 Å². The van der Waals surface area contributed by atoms with E-state index >= 15 is 0 Å². The maximum absolute atomic E-state index is 6.02. The second kappa shape index (κ2) is 7.91. The zero-order chi connectivity index (χ0) is 10.8. The molecule has 5 heteroatoms. The van der Waals surface area contributed by atoms with Crippen molar-refractivity contribution >= 4 is 15.1 Å². The average molecular weight is 366 g/mol. The Morgan fingerprint density at radius 2 is 1.82 bits per heavy atom. The Balaban J connectivity index is 0.00000128. The number of hydrogen-bond acceptors (Lipinski definition) is 1. The molecule has 0 radical (unpaired) electrons. The maximum Gasteiger partial charge on any atom is -1.00 e. The molecular weight excluding hydrogens is 350 g/mol. The molecule has 1 unspecified atom stereocenters. The third-order valence-corrected chi connectivity index (χ3v) is 10.1. The average Bonchev–Trinajstić information content (AvgIpc) is 2.50. The first-order chi connectivity index (χ1) is 7.18. The first-order valence-corrected chi connectivity index (χ1v) is 10.6. The van der Waals surface area contributed by atoms with Gasteiger partial charge in [0.05, 0.1) is 0 Å². The smallest absolute Gasteiger partial charge is 1.00 e. The van der Waals surface area contributed by atoms with Crippen LogP contribution in [0.15, 0.2) is 29.8 Å². The van der Waals surface area contributed by atoms with Crippen molar-refractivity contribution in [2.75, 3.05) is 0 Å². The summed E-state index contributed by atoms with van der Waals surface area (Å²) in [5, 5.41) is 0. The number of rotatable bonds is 3. The molecule has 0 heterocycles. The Labute approximate surface area is 130 Å². The van der Waals surface area contributed by atoms with Gasteiger partial charge in [0.25, 0.3) is 0 Å². The summed E-state index contributed by atoms with van der Waals surface area (Å²) >= 11 is -0.711. The molecule has 0 spiro atoms. The minimum atomic E-state index is -0.820. The Morgan fingerprint density at radius 1 is 1.18 bits per heavy atom. The van der Waals surface area contributed by atoms with Crippen LogP contribution in [0.3, 0.4) is 0 Å². The van der Waals surface area contributed by atoms with Crippen molar-refractivity contribution in [3.05, 3.63) is 41.0 Å². The van der Waals surface area contributed by atoms with E-state index in [4.69, 9.17) is 2.50 Å². The van der Waals surface area contributed by atoms with Gasteiger partial charge in [0, 0.05) is 0 Å². The summed E-state index contributed by atoms with van der Waals surface area (Å²) in [6, 6.07) is 8.74. The summed E-state index contributed by atoms with van der Waals surface area (Å²) in [4.78, 5) is 0. The Hall–Kier alpha value is 0.600. The van der Waals surface area contributed by atoms with Crippen LogP contribution < -0.4 is 24.8 Å². The third kappa shape index (κ3) is 4.33. The van der Waals surface area contributed by atoms with Gasteiger partial charge in [0.15, 0.2) is 0 Å². The zero-order valence-electron chi connectivity index (χ0n) is 10.2. The van der Waals surface area contributed by atoms with Crippen molar-refractivity contribution in [2.24, 2.45) is 0 Å². The van der Waals surface area contributed by atoms with Gasteiger partial charge >= 0.3 is 106 Å². The van der Waals surface area contributed by atoms with Gasteiger partial charge in [-0.05, 0) is 0 Å². The Bertz CT molecular complexity index is 396. The monoisotopic (exact) mass is 364 g/mol. The minimum absolute atomic E-state index is 0. The van der Waals surface area contributed by atoms with Crippen LogP contribution in [0.1, 0.15) is 21.7 Å². The van der Waals surface area contributed by atoms with Gasteiger partial charge in [-0.15, -0.1) is 0 Å². The predicted octanol–water partition coefficient (Wildman–Crippen LogP) is -2.85. The molecule has 17 heavy (non-hydrogen) atoms. The van der Waals surface area contributed by atoms with Crippen LogP contribution in [0.4, 0.5) is 0 Å². The van der Waals surface area contributed by atoms with Gasteiger partial charge in [-0.3, -0.25) is 0 Å². The Kier molecular flexibility index (Phi) is 8.19. The quantitative estimate of drug-likeness (QED) is 0.524. The van der Waals surface area contributed by atoms with Gasteiger partial charge in [-0.1, -0.05) is 0 Å². The molecule has 0 saturated heterocycles. The van der Waals surface area contributed by atoms with E-state index in [1.165, 1.54) is 16.7 Å². The van der Waals surface area contributed by atoms with Crippen LogP contribution in [0.2, 0.25) is 13.1 Å². The number of hydrogen-bond donors (Lipinski definition) is 0. The minimum Gasteiger partial charge on any atom is -1.00 e. The van der Waals surface area contributed by atoms with Gasteiger partial charge in [-0.25, -0.2) is 0 Å². The zero-order valence-corrected chi connectivity index (χ0v) is 15.3. The first kappa shape index (κ1) is 17.6. The van der Waals surface area contributed by atoms with Crippen molar-refractivity contribution in [3.63, 3.8) is 0 Å². The second-order valence-corrected chi connectivity index (χ2v) is 10.3. The van der Waals surface area contributed by atoms with Crippen LogP contribution >= 0.6 is 0 Å². The Morgan fingerprint density at radius 3 is 2.47 bits per heavy atom. The topological polar surface area (TPSA) is 9.23 Å². The van der Waals surface area contributed by atoms with E-state index in [1.807, 2.05) is 0 Å². The molecule has 2 rings (SSSR count). The van der Waals surface area contributed by atoms with Crippen molar-refractivity contribution in [2.45, 2.75) is 23.6 Å². The molecule has 0 saturated carbocycles. The van der Waals surface area contributed by atoms with E-state index in [0.717, 1.165) is 0 Å². The summed E-state index contributed by atoms with van der Waals surface area (Å²) in [7, 11) is -0.820. The number of benzene rings is 1. The fourth-order valence-electron chi connectivity index (χ4n) is 1.84. The molecule has 0 bridgehead atoms. The molecule has 0 fully saturated rings. The summed E-state index contributed by atoms with van der Waals surface area (Å²) in [6.07, 6.45) is 2.33. The third-order valence-electron chi connectivity index (χ3n) is 2.57. The first-order valence-electron chi connectivity index (χ1n) is 5.37. The molecular formula is C12H16Cl2OSiZr. The summed E-state index contributed by atoms with van der Waals surface area (Å²) < 4.78 is 6.69. The molecule has 0 N–H and O–H groups in total. The molecule has 0 aromatic heterocycles.